The molecule has 2 heterocycles. The highest BCUT2D eigenvalue weighted by Gasteiger charge is 2.26. The van der Waals surface area contributed by atoms with Crippen molar-refractivity contribution in [2.45, 2.75) is 30.8 Å². The van der Waals surface area contributed by atoms with Gasteiger partial charge in [0.05, 0.1) is 16.2 Å². The second-order valence-electron chi connectivity index (χ2n) is 7.22. The van der Waals surface area contributed by atoms with Gasteiger partial charge in [-0.05, 0) is 55.3 Å². The van der Waals surface area contributed by atoms with Crippen LogP contribution in [0, 0.1) is 5.82 Å². The van der Waals surface area contributed by atoms with Crippen LogP contribution in [0.5, 0.6) is 0 Å². The molecule has 0 unspecified atom stereocenters. The van der Waals surface area contributed by atoms with Crippen LogP contribution in [0.3, 0.4) is 0 Å². The van der Waals surface area contributed by atoms with E-state index in [-0.39, 0.29) is 22.9 Å². The molecule has 2 aromatic carbocycles. The number of ether oxygens (including phenoxy) is 1. The zero-order valence-electron chi connectivity index (χ0n) is 16.7. The number of carbonyl (C=O) groups excluding carboxylic acids is 1. The van der Waals surface area contributed by atoms with E-state index in [1.54, 1.807) is 23.6 Å². The number of sulfonamides is 1. The average molecular weight is 461 g/mol. The Balaban J connectivity index is 1.42. The Morgan fingerprint density at radius 3 is 2.58 bits per heavy atom. The fraction of sp³-hybridized carbons (Fsp3) is 0.273. The van der Waals surface area contributed by atoms with Crippen LogP contribution in [0.25, 0.3) is 10.6 Å². The molecule has 3 aromatic rings. The first-order valence-corrected chi connectivity index (χ1v) is 12.2. The first-order chi connectivity index (χ1) is 14.9. The molecular weight excluding hydrogens is 439 g/mol. The number of halogens is 1. The number of hydrogen-bond donors (Lipinski definition) is 0. The van der Waals surface area contributed by atoms with Gasteiger partial charge < -0.3 is 4.74 Å². The van der Waals surface area contributed by atoms with Gasteiger partial charge in [-0.15, -0.1) is 11.3 Å². The standard InChI is InChI=1S/C22H21FN2O4S2/c23-18-9-7-16(8-10-18)21-24-19(15-30-21)14-29-22(26)17-5-4-6-20(13-17)31(27,28)25-11-2-1-3-12-25/h4-10,13,15H,1-3,11-12,14H2. The van der Waals surface area contributed by atoms with Gasteiger partial charge in [-0.25, -0.2) is 22.6 Å². The van der Waals surface area contributed by atoms with Crippen molar-refractivity contribution < 1.29 is 22.3 Å². The third-order valence-corrected chi connectivity index (χ3v) is 7.85. The summed E-state index contributed by atoms with van der Waals surface area (Å²) in [4.78, 5) is 17.0. The van der Waals surface area contributed by atoms with E-state index in [2.05, 4.69) is 4.98 Å². The molecule has 0 atom stereocenters. The van der Waals surface area contributed by atoms with E-state index in [9.17, 15) is 17.6 Å². The van der Waals surface area contributed by atoms with E-state index in [1.807, 2.05) is 0 Å². The van der Waals surface area contributed by atoms with Gasteiger partial charge in [0.2, 0.25) is 10.0 Å². The maximum absolute atomic E-state index is 13.1. The number of thiazole rings is 1. The van der Waals surface area contributed by atoms with Crippen LogP contribution in [0.4, 0.5) is 4.39 Å². The Bertz CT molecular complexity index is 1170. The van der Waals surface area contributed by atoms with E-state index in [0.29, 0.717) is 23.8 Å². The highest BCUT2D eigenvalue weighted by Crippen LogP contribution is 2.25. The molecule has 4 rings (SSSR count). The van der Waals surface area contributed by atoms with E-state index in [0.717, 1.165) is 24.8 Å². The summed E-state index contributed by atoms with van der Waals surface area (Å²) in [5, 5.41) is 2.46. The van der Waals surface area contributed by atoms with Gasteiger partial charge in [-0.3, -0.25) is 0 Å². The molecule has 1 aliphatic heterocycles. The Labute approximate surface area is 184 Å². The topological polar surface area (TPSA) is 76.6 Å². The predicted octanol–water partition coefficient (Wildman–Crippen LogP) is 4.48. The van der Waals surface area contributed by atoms with Crippen molar-refractivity contribution in [2.75, 3.05) is 13.1 Å². The van der Waals surface area contributed by atoms with Crippen molar-refractivity contribution in [2.24, 2.45) is 0 Å². The largest absolute Gasteiger partial charge is 0.456 e. The van der Waals surface area contributed by atoms with Crippen LogP contribution >= 0.6 is 11.3 Å². The summed E-state index contributed by atoms with van der Waals surface area (Å²) >= 11 is 1.37. The first kappa shape index (κ1) is 21.6. The summed E-state index contributed by atoms with van der Waals surface area (Å²) in [6.07, 6.45) is 2.71. The van der Waals surface area contributed by atoms with Crippen molar-refractivity contribution >= 4 is 27.3 Å². The molecule has 0 radical (unpaired) electrons. The van der Waals surface area contributed by atoms with Gasteiger partial charge in [-0.1, -0.05) is 12.5 Å². The van der Waals surface area contributed by atoms with E-state index < -0.39 is 16.0 Å². The van der Waals surface area contributed by atoms with Gasteiger partial charge in [-0.2, -0.15) is 4.31 Å². The molecule has 0 N–H and O–H groups in total. The fourth-order valence-electron chi connectivity index (χ4n) is 3.36. The number of hydrogen-bond acceptors (Lipinski definition) is 6. The van der Waals surface area contributed by atoms with Crippen LogP contribution in [-0.4, -0.2) is 36.8 Å². The minimum Gasteiger partial charge on any atom is -0.456 e. The van der Waals surface area contributed by atoms with Crippen molar-refractivity contribution in [1.29, 1.82) is 0 Å². The number of rotatable bonds is 6. The maximum atomic E-state index is 13.1. The predicted molar refractivity (Wildman–Crippen MR) is 116 cm³/mol. The average Bonchev–Trinajstić information content (AvgIpc) is 3.27. The summed E-state index contributed by atoms with van der Waals surface area (Å²) in [6.45, 7) is 0.952. The van der Waals surface area contributed by atoms with Gasteiger partial charge in [0.1, 0.15) is 17.4 Å². The zero-order chi connectivity index (χ0) is 21.8. The van der Waals surface area contributed by atoms with Crippen LogP contribution in [0.15, 0.2) is 58.8 Å². The van der Waals surface area contributed by atoms with Gasteiger partial charge in [0, 0.05) is 24.0 Å². The number of carbonyl (C=O) groups is 1. The van der Waals surface area contributed by atoms with Crippen LogP contribution in [0.1, 0.15) is 35.3 Å². The summed E-state index contributed by atoms with van der Waals surface area (Å²) in [5.41, 5.74) is 1.52. The number of esters is 1. The Hall–Kier alpha value is -2.62. The maximum Gasteiger partial charge on any atom is 0.338 e. The van der Waals surface area contributed by atoms with E-state index in [4.69, 9.17) is 4.74 Å². The molecule has 0 spiro atoms. The number of aromatic nitrogens is 1. The molecule has 0 saturated carbocycles. The minimum absolute atomic E-state index is 0.0420. The van der Waals surface area contributed by atoms with Gasteiger partial charge >= 0.3 is 5.97 Å². The van der Waals surface area contributed by atoms with Crippen molar-refractivity contribution in [3.8, 4) is 10.6 Å². The Morgan fingerprint density at radius 2 is 1.84 bits per heavy atom. The third kappa shape index (κ3) is 5.00. The molecule has 1 aliphatic rings. The van der Waals surface area contributed by atoms with Crippen LogP contribution < -0.4 is 0 Å². The fourth-order valence-corrected chi connectivity index (χ4v) is 5.73. The molecule has 31 heavy (non-hydrogen) atoms. The smallest absolute Gasteiger partial charge is 0.338 e. The normalized spacial score (nSPS) is 15.0. The minimum atomic E-state index is -3.63. The van der Waals surface area contributed by atoms with Crippen molar-refractivity contribution in [3.63, 3.8) is 0 Å². The lowest BCUT2D eigenvalue weighted by molar-refractivity contribution is 0.0468. The summed E-state index contributed by atoms with van der Waals surface area (Å²) in [7, 11) is -3.63. The number of nitrogens with zero attached hydrogens (tertiary/aromatic N) is 2. The van der Waals surface area contributed by atoms with E-state index in [1.165, 1.54) is 46.0 Å². The lowest BCUT2D eigenvalue weighted by atomic mass is 10.2. The molecule has 0 bridgehead atoms. The SMILES string of the molecule is O=C(OCc1csc(-c2ccc(F)cc2)n1)c1cccc(S(=O)(=O)N2CCCCC2)c1. The summed E-state index contributed by atoms with van der Waals surface area (Å²) in [5.74, 6) is -0.939. The zero-order valence-corrected chi connectivity index (χ0v) is 18.3. The summed E-state index contributed by atoms with van der Waals surface area (Å²) < 4.78 is 45.6. The van der Waals surface area contributed by atoms with Crippen molar-refractivity contribution in [3.05, 3.63) is 71.0 Å². The quantitative estimate of drug-likeness (QED) is 0.507. The summed E-state index contributed by atoms with van der Waals surface area (Å²) in [6, 6.07) is 11.9. The van der Waals surface area contributed by atoms with Crippen LogP contribution in [-0.2, 0) is 21.4 Å². The monoisotopic (exact) mass is 460 g/mol. The molecule has 1 saturated heterocycles. The second kappa shape index (κ2) is 9.25. The molecule has 1 aromatic heterocycles. The first-order valence-electron chi connectivity index (χ1n) is 9.91. The highest BCUT2D eigenvalue weighted by atomic mass is 32.2. The molecule has 0 aliphatic carbocycles. The molecular formula is C22H21FN2O4S2. The Morgan fingerprint density at radius 1 is 1.10 bits per heavy atom. The van der Waals surface area contributed by atoms with E-state index >= 15 is 0 Å². The van der Waals surface area contributed by atoms with Gasteiger partial charge in [0.25, 0.3) is 0 Å². The lowest BCUT2D eigenvalue weighted by Crippen LogP contribution is -2.35. The lowest BCUT2D eigenvalue weighted by Gasteiger charge is -2.25. The van der Waals surface area contributed by atoms with Gasteiger partial charge in [0.15, 0.2) is 0 Å². The molecule has 1 fully saturated rings. The highest BCUT2D eigenvalue weighted by molar-refractivity contribution is 7.89. The molecule has 9 heteroatoms. The van der Waals surface area contributed by atoms with Crippen molar-refractivity contribution in [1.82, 2.24) is 9.29 Å². The second-order valence-corrected chi connectivity index (χ2v) is 10.0. The molecule has 162 valence electrons. The Kier molecular flexibility index (Phi) is 6.45. The molecule has 0 amide bonds. The van der Waals surface area contributed by atoms with Crippen LogP contribution in [0.2, 0.25) is 0 Å². The molecule has 6 nitrogen and oxygen atoms in total. The number of benzene rings is 2. The number of piperidine rings is 1. The third-order valence-electron chi connectivity index (χ3n) is 5.02.